The number of hydrogen-bond acceptors (Lipinski definition) is 8. The number of benzene rings is 4. The van der Waals surface area contributed by atoms with Gasteiger partial charge in [-0.15, -0.1) is 4.89 Å². The van der Waals surface area contributed by atoms with Gasteiger partial charge in [0.25, 0.3) is 5.79 Å². The van der Waals surface area contributed by atoms with E-state index in [2.05, 4.69) is 0 Å². The first-order valence-corrected chi connectivity index (χ1v) is 14.7. The van der Waals surface area contributed by atoms with Gasteiger partial charge in [-0.05, 0) is 22.3 Å². The molecule has 5 rings (SSSR count). The average molecular weight is 599 g/mol. The van der Waals surface area contributed by atoms with Crippen LogP contribution >= 0.6 is 0 Å². The van der Waals surface area contributed by atoms with Gasteiger partial charge in [-0.3, -0.25) is 4.89 Å². The van der Waals surface area contributed by atoms with Gasteiger partial charge in [-0.2, -0.15) is 0 Å². The number of aliphatic hydroxyl groups is 3. The van der Waals surface area contributed by atoms with Crippen LogP contribution < -0.4 is 0 Å². The van der Waals surface area contributed by atoms with Crippen LogP contribution in [0, 0.1) is 0 Å². The zero-order valence-electron chi connectivity index (χ0n) is 24.6. The molecule has 4 aromatic rings. The Labute approximate surface area is 257 Å². The Morgan fingerprint density at radius 2 is 1.18 bits per heavy atom. The van der Waals surface area contributed by atoms with Crippen LogP contribution in [-0.2, 0) is 49.9 Å². The summed E-state index contributed by atoms with van der Waals surface area (Å²) < 4.78 is 13.4. The molecule has 0 radical (unpaired) electrons. The Bertz CT molecular complexity index is 1470. The van der Waals surface area contributed by atoms with Gasteiger partial charge in [0, 0.05) is 26.2 Å². The first-order valence-electron chi connectivity index (χ1n) is 14.7. The van der Waals surface area contributed by atoms with Gasteiger partial charge in [-0.1, -0.05) is 121 Å². The van der Waals surface area contributed by atoms with E-state index in [0.29, 0.717) is 5.56 Å². The first kappa shape index (κ1) is 31.5. The van der Waals surface area contributed by atoms with Crippen LogP contribution in [0.1, 0.15) is 29.2 Å². The molecule has 0 saturated carbocycles. The van der Waals surface area contributed by atoms with E-state index in [1.54, 1.807) is 0 Å². The molecule has 230 valence electrons. The van der Waals surface area contributed by atoms with E-state index in [-0.39, 0.29) is 25.9 Å². The van der Waals surface area contributed by atoms with Gasteiger partial charge in [0.2, 0.25) is 0 Å². The average Bonchev–Trinajstić information content (AvgIpc) is 3.05. The molecule has 0 aromatic heterocycles. The van der Waals surface area contributed by atoms with Crippen LogP contribution in [0.15, 0.2) is 121 Å². The van der Waals surface area contributed by atoms with Gasteiger partial charge >= 0.3 is 5.97 Å². The molecule has 0 spiro atoms. The van der Waals surface area contributed by atoms with Gasteiger partial charge in [0.15, 0.2) is 5.60 Å². The number of rotatable bonds is 12. The molecular formula is C36H38O8. The minimum atomic E-state index is -2.15. The van der Waals surface area contributed by atoms with Crippen molar-refractivity contribution in [3.63, 3.8) is 0 Å². The highest BCUT2D eigenvalue weighted by Crippen LogP contribution is 2.53. The molecule has 1 aliphatic rings. The van der Waals surface area contributed by atoms with Crippen LogP contribution in [-0.4, -0.2) is 57.1 Å². The molecule has 44 heavy (non-hydrogen) atoms. The molecule has 1 fully saturated rings. The SMILES string of the molecule is CC(=O)OOC1(Cc2ccccc2)O[C@H](CO)[C@@H](O)[C@@](O)(Cc2ccccc2)[C@@]1(Cc1ccccc1)OCc1ccccc1. The van der Waals surface area contributed by atoms with Gasteiger partial charge in [0.1, 0.15) is 17.8 Å². The summed E-state index contributed by atoms with van der Waals surface area (Å²) in [6.07, 6.45) is -3.16. The normalized spacial score (nSPS) is 26.6. The summed E-state index contributed by atoms with van der Waals surface area (Å²) in [5.41, 5.74) is -1.12. The molecule has 1 heterocycles. The Morgan fingerprint density at radius 3 is 1.66 bits per heavy atom. The highest BCUT2D eigenvalue weighted by molar-refractivity contribution is 5.65. The third-order valence-corrected chi connectivity index (χ3v) is 8.19. The number of carbonyl (C=O) groups is 1. The fourth-order valence-corrected chi connectivity index (χ4v) is 6.10. The van der Waals surface area contributed by atoms with Gasteiger partial charge in [-0.25, -0.2) is 4.79 Å². The number of aliphatic hydroxyl groups excluding tert-OH is 2. The molecule has 8 heteroatoms. The highest BCUT2D eigenvalue weighted by atomic mass is 17.2. The van der Waals surface area contributed by atoms with Crippen LogP contribution in [0.5, 0.6) is 0 Å². The maximum atomic E-state index is 13.1. The van der Waals surface area contributed by atoms with E-state index >= 15 is 0 Å². The molecule has 1 unspecified atom stereocenters. The van der Waals surface area contributed by atoms with Crippen LogP contribution in [0.2, 0.25) is 0 Å². The molecule has 1 aliphatic heterocycles. The maximum absolute atomic E-state index is 13.1. The number of ether oxygens (including phenoxy) is 2. The van der Waals surface area contributed by atoms with E-state index in [1.165, 1.54) is 6.92 Å². The second-order valence-electron chi connectivity index (χ2n) is 11.2. The standard InChI is InChI=1S/C36H38O8/c1-27(38)43-44-36(24-30-18-10-4-11-19-30)35(23-29-16-8-3-9-17-29,41-26-31-20-12-5-13-21-31)34(40,33(39)32(25-37)42-36)22-28-14-6-2-7-15-28/h2-21,32-33,37,39-40H,22-26H2,1H3/t32-,33-,34+,35-,36?/m1/s1. The predicted molar refractivity (Wildman–Crippen MR) is 163 cm³/mol. The Hall–Kier alpha value is -3.89. The second-order valence-corrected chi connectivity index (χ2v) is 11.2. The van der Waals surface area contributed by atoms with Crippen molar-refractivity contribution in [2.45, 2.75) is 62.0 Å². The summed E-state index contributed by atoms with van der Waals surface area (Å²) in [5, 5.41) is 35.6. The molecule has 5 atom stereocenters. The zero-order valence-corrected chi connectivity index (χ0v) is 24.6. The molecule has 8 nitrogen and oxygen atoms in total. The molecule has 0 bridgehead atoms. The Balaban J connectivity index is 1.79. The molecule has 0 aliphatic carbocycles. The van der Waals surface area contributed by atoms with Crippen LogP contribution in [0.4, 0.5) is 0 Å². The summed E-state index contributed by atoms with van der Waals surface area (Å²) in [4.78, 5) is 23.6. The van der Waals surface area contributed by atoms with E-state index in [0.717, 1.165) is 16.7 Å². The number of hydrogen-bond donors (Lipinski definition) is 3. The predicted octanol–water partition coefficient (Wildman–Crippen LogP) is 4.34. The molecule has 1 saturated heterocycles. The Kier molecular flexibility index (Phi) is 9.90. The summed E-state index contributed by atoms with van der Waals surface area (Å²) >= 11 is 0. The van der Waals surface area contributed by atoms with Crippen molar-refractivity contribution in [2.75, 3.05) is 6.61 Å². The summed E-state index contributed by atoms with van der Waals surface area (Å²) in [7, 11) is 0. The largest absolute Gasteiger partial charge is 0.394 e. The Morgan fingerprint density at radius 1 is 0.727 bits per heavy atom. The van der Waals surface area contributed by atoms with Crippen molar-refractivity contribution >= 4 is 5.97 Å². The lowest BCUT2D eigenvalue weighted by Gasteiger charge is -2.61. The fourth-order valence-electron chi connectivity index (χ4n) is 6.10. The van der Waals surface area contributed by atoms with Crippen molar-refractivity contribution in [2.24, 2.45) is 0 Å². The van der Waals surface area contributed by atoms with Crippen molar-refractivity contribution in [1.82, 2.24) is 0 Å². The number of carbonyl (C=O) groups excluding carboxylic acids is 1. The minimum Gasteiger partial charge on any atom is -0.394 e. The smallest absolute Gasteiger partial charge is 0.339 e. The first-order chi connectivity index (χ1) is 21.3. The van der Waals surface area contributed by atoms with E-state index in [9.17, 15) is 20.1 Å². The van der Waals surface area contributed by atoms with Gasteiger partial charge in [0.05, 0.1) is 13.2 Å². The molecule has 4 aromatic carbocycles. The minimum absolute atomic E-state index is 0.00931. The van der Waals surface area contributed by atoms with Gasteiger partial charge < -0.3 is 24.8 Å². The van der Waals surface area contributed by atoms with Crippen LogP contribution in [0.3, 0.4) is 0 Å². The third-order valence-electron chi connectivity index (χ3n) is 8.19. The van der Waals surface area contributed by atoms with E-state index < -0.39 is 41.8 Å². The summed E-state index contributed by atoms with van der Waals surface area (Å²) in [6.45, 7) is 0.528. The van der Waals surface area contributed by atoms with Crippen LogP contribution in [0.25, 0.3) is 0 Å². The second kappa shape index (κ2) is 13.8. The molecule has 0 amide bonds. The topological polar surface area (TPSA) is 115 Å². The summed E-state index contributed by atoms with van der Waals surface area (Å²) in [6, 6.07) is 37.2. The molecular weight excluding hydrogens is 560 g/mol. The highest BCUT2D eigenvalue weighted by Gasteiger charge is 2.74. The van der Waals surface area contributed by atoms with Crippen molar-refractivity contribution in [1.29, 1.82) is 0 Å². The lowest BCUT2D eigenvalue weighted by atomic mass is 9.63. The fraction of sp³-hybridized carbons (Fsp3) is 0.306. The molecule has 3 N–H and O–H groups in total. The van der Waals surface area contributed by atoms with E-state index in [4.69, 9.17) is 19.2 Å². The lowest BCUT2D eigenvalue weighted by Crippen LogP contribution is -2.82. The van der Waals surface area contributed by atoms with Crippen molar-refractivity contribution in [3.8, 4) is 0 Å². The van der Waals surface area contributed by atoms with E-state index in [1.807, 2.05) is 121 Å². The van der Waals surface area contributed by atoms with Crippen molar-refractivity contribution < 1.29 is 39.4 Å². The summed E-state index contributed by atoms with van der Waals surface area (Å²) in [5.74, 6) is -2.81. The zero-order chi connectivity index (χ0) is 31.0. The maximum Gasteiger partial charge on any atom is 0.339 e. The lowest BCUT2D eigenvalue weighted by molar-refractivity contribution is -0.502. The monoisotopic (exact) mass is 598 g/mol. The van der Waals surface area contributed by atoms with Crippen molar-refractivity contribution in [3.05, 3.63) is 144 Å². The third kappa shape index (κ3) is 6.46. The quantitative estimate of drug-likeness (QED) is 0.163.